The van der Waals surface area contributed by atoms with E-state index in [1.54, 1.807) is 12.4 Å². The van der Waals surface area contributed by atoms with Gasteiger partial charge in [0.2, 0.25) is 0 Å². The summed E-state index contributed by atoms with van der Waals surface area (Å²) in [4.78, 5) is 6.83. The Balaban J connectivity index is 2.30. The van der Waals surface area contributed by atoms with Gasteiger partial charge >= 0.3 is 0 Å². The number of hydrogen-bond acceptors (Lipinski definition) is 3. The third-order valence-corrected chi connectivity index (χ3v) is 0.935. The number of nitrogens with one attached hydrogen (secondary N) is 2. The van der Waals surface area contributed by atoms with Crippen LogP contribution in [0.4, 0.5) is 5.95 Å². The highest BCUT2D eigenvalue weighted by Gasteiger charge is 1.87. The van der Waals surface area contributed by atoms with Crippen molar-refractivity contribution in [2.45, 2.75) is 0 Å². The van der Waals surface area contributed by atoms with Gasteiger partial charge in [-0.1, -0.05) is 0 Å². The van der Waals surface area contributed by atoms with Crippen LogP contribution in [0.25, 0.3) is 0 Å². The Hall–Kier alpha value is -1.03. The van der Waals surface area contributed by atoms with Crippen LogP contribution in [0.2, 0.25) is 0 Å². The molecule has 4 N–H and O–H groups in total. The molecule has 0 atom stereocenters. The van der Waals surface area contributed by atoms with E-state index in [0.29, 0.717) is 6.54 Å². The molecule has 0 aromatic carbocycles. The third kappa shape index (κ3) is 1.73. The minimum absolute atomic E-state index is 0.626. The standard InChI is InChI=1S/C5H10N4/c6-1-2-7-5-8-3-4-9-5/h3-4H,1-2,6H2,(H2,7,8,9). The van der Waals surface area contributed by atoms with Crippen molar-refractivity contribution in [1.29, 1.82) is 0 Å². The molecular formula is C5H10N4. The van der Waals surface area contributed by atoms with Crippen LogP contribution in [-0.2, 0) is 0 Å². The summed E-state index contributed by atoms with van der Waals surface area (Å²) in [7, 11) is 0. The summed E-state index contributed by atoms with van der Waals surface area (Å²) in [6, 6.07) is 0. The van der Waals surface area contributed by atoms with E-state index in [1.807, 2.05) is 0 Å². The molecule has 0 unspecified atom stereocenters. The number of rotatable bonds is 3. The fourth-order valence-electron chi connectivity index (χ4n) is 0.553. The van der Waals surface area contributed by atoms with Crippen LogP contribution in [-0.4, -0.2) is 23.1 Å². The second kappa shape index (κ2) is 3.09. The van der Waals surface area contributed by atoms with E-state index in [-0.39, 0.29) is 0 Å². The molecule has 0 bridgehead atoms. The molecule has 0 saturated carbocycles. The number of aromatic nitrogens is 2. The van der Waals surface area contributed by atoms with Crippen molar-refractivity contribution in [3.8, 4) is 0 Å². The molecule has 0 saturated heterocycles. The summed E-state index contributed by atoms with van der Waals surface area (Å²) in [5.74, 6) is 0.778. The van der Waals surface area contributed by atoms with E-state index >= 15 is 0 Å². The van der Waals surface area contributed by atoms with Gasteiger partial charge in [-0.05, 0) is 0 Å². The third-order valence-electron chi connectivity index (χ3n) is 0.935. The minimum atomic E-state index is 0.626. The zero-order valence-electron chi connectivity index (χ0n) is 5.09. The first kappa shape index (κ1) is 6.10. The Morgan fingerprint density at radius 1 is 1.78 bits per heavy atom. The molecule has 0 fully saturated rings. The zero-order valence-corrected chi connectivity index (χ0v) is 5.09. The number of aromatic amines is 1. The molecule has 1 rings (SSSR count). The van der Waals surface area contributed by atoms with Crippen molar-refractivity contribution in [1.82, 2.24) is 9.97 Å². The van der Waals surface area contributed by atoms with Crippen LogP contribution in [0, 0.1) is 0 Å². The lowest BCUT2D eigenvalue weighted by Gasteiger charge is -1.96. The molecule has 0 aliphatic carbocycles. The molecule has 1 aromatic rings. The quantitative estimate of drug-likeness (QED) is 0.524. The van der Waals surface area contributed by atoms with Gasteiger partial charge in [0, 0.05) is 25.5 Å². The van der Waals surface area contributed by atoms with Crippen LogP contribution >= 0.6 is 0 Å². The molecule has 50 valence electrons. The van der Waals surface area contributed by atoms with E-state index < -0.39 is 0 Å². The van der Waals surface area contributed by atoms with Crippen molar-refractivity contribution in [2.75, 3.05) is 18.4 Å². The molecule has 0 aliphatic rings. The van der Waals surface area contributed by atoms with Gasteiger partial charge in [-0.25, -0.2) is 4.98 Å². The summed E-state index contributed by atoms with van der Waals surface area (Å²) in [6.07, 6.45) is 3.46. The van der Waals surface area contributed by atoms with Crippen molar-refractivity contribution in [3.63, 3.8) is 0 Å². The first-order valence-electron chi connectivity index (χ1n) is 2.87. The van der Waals surface area contributed by atoms with Gasteiger partial charge in [-0.2, -0.15) is 0 Å². The number of anilines is 1. The van der Waals surface area contributed by atoms with Gasteiger partial charge in [0.1, 0.15) is 0 Å². The fourth-order valence-corrected chi connectivity index (χ4v) is 0.553. The second-order valence-corrected chi connectivity index (χ2v) is 1.65. The first-order valence-corrected chi connectivity index (χ1v) is 2.87. The van der Waals surface area contributed by atoms with E-state index in [2.05, 4.69) is 15.3 Å². The Morgan fingerprint density at radius 3 is 3.22 bits per heavy atom. The summed E-state index contributed by atoms with van der Waals surface area (Å²) in [6.45, 7) is 1.38. The molecule has 4 heteroatoms. The average molecular weight is 126 g/mol. The van der Waals surface area contributed by atoms with E-state index in [4.69, 9.17) is 5.73 Å². The second-order valence-electron chi connectivity index (χ2n) is 1.65. The smallest absolute Gasteiger partial charge is 0.200 e. The SMILES string of the molecule is NCCNc1ncc[nH]1. The maximum absolute atomic E-state index is 5.24. The number of hydrogen-bond donors (Lipinski definition) is 3. The molecule has 9 heavy (non-hydrogen) atoms. The molecule has 0 aliphatic heterocycles. The Morgan fingerprint density at radius 2 is 2.67 bits per heavy atom. The average Bonchev–Trinajstić information content (AvgIpc) is 2.34. The van der Waals surface area contributed by atoms with E-state index in [0.717, 1.165) is 12.5 Å². The van der Waals surface area contributed by atoms with Gasteiger partial charge in [0.15, 0.2) is 5.95 Å². The van der Waals surface area contributed by atoms with Crippen LogP contribution in [0.1, 0.15) is 0 Å². The lowest BCUT2D eigenvalue weighted by atomic mass is 10.6. The highest BCUT2D eigenvalue weighted by molar-refractivity contribution is 5.22. The summed E-state index contributed by atoms with van der Waals surface area (Å²) in [5, 5.41) is 2.98. The Kier molecular flexibility index (Phi) is 2.09. The molecule has 0 radical (unpaired) electrons. The fraction of sp³-hybridized carbons (Fsp3) is 0.400. The molecular weight excluding hydrogens is 116 g/mol. The summed E-state index contributed by atoms with van der Waals surface area (Å²) < 4.78 is 0. The van der Waals surface area contributed by atoms with Crippen molar-refractivity contribution in [3.05, 3.63) is 12.4 Å². The summed E-state index contributed by atoms with van der Waals surface area (Å²) >= 11 is 0. The van der Waals surface area contributed by atoms with Crippen molar-refractivity contribution in [2.24, 2.45) is 5.73 Å². The number of imidazole rings is 1. The molecule has 0 amide bonds. The highest BCUT2D eigenvalue weighted by atomic mass is 15.1. The van der Waals surface area contributed by atoms with Crippen LogP contribution in [0.3, 0.4) is 0 Å². The van der Waals surface area contributed by atoms with Gasteiger partial charge < -0.3 is 16.0 Å². The normalized spacial score (nSPS) is 9.44. The largest absolute Gasteiger partial charge is 0.355 e. The highest BCUT2D eigenvalue weighted by Crippen LogP contribution is 1.91. The molecule has 1 heterocycles. The summed E-state index contributed by atoms with van der Waals surface area (Å²) in [5.41, 5.74) is 5.24. The van der Waals surface area contributed by atoms with Crippen molar-refractivity contribution >= 4 is 5.95 Å². The lowest BCUT2D eigenvalue weighted by molar-refractivity contribution is 1.00. The minimum Gasteiger partial charge on any atom is -0.355 e. The maximum Gasteiger partial charge on any atom is 0.200 e. The Bertz CT molecular complexity index is 146. The van der Waals surface area contributed by atoms with Gasteiger partial charge in [0.05, 0.1) is 0 Å². The molecule has 4 nitrogen and oxygen atoms in total. The number of nitrogens with two attached hydrogens (primary N) is 1. The van der Waals surface area contributed by atoms with Crippen LogP contribution < -0.4 is 11.1 Å². The number of nitrogens with zero attached hydrogens (tertiary/aromatic N) is 1. The van der Waals surface area contributed by atoms with E-state index in [1.165, 1.54) is 0 Å². The molecule has 0 spiro atoms. The topological polar surface area (TPSA) is 66.7 Å². The van der Waals surface area contributed by atoms with Crippen LogP contribution in [0.5, 0.6) is 0 Å². The number of H-pyrrole nitrogens is 1. The lowest BCUT2D eigenvalue weighted by Crippen LogP contribution is -2.13. The van der Waals surface area contributed by atoms with Gasteiger partial charge in [-0.15, -0.1) is 0 Å². The zero-order chi connectivity index (χ0) is 6.53. The molecule has 1 aromatic heterocycles. The van der Waals surface area contributed by atoms with Crippen LogP contribution in [0.15, 0.2) is 12.4 Å². The predicted octanol–water partition coefficient (Wildman–Crippen LogP) is -0.220. The maximum atomic E-state index is 5.24. The van der Waals surface area contributed by atoms with Gasteiger partial charge in [0.25, 0.3) is 0 Å². The van der Waals surface area contributed by atoms with Gasteiger partial charge in [-0.3, -0.25) is 0 Å². The Labute approximate surface area is 53.5 Å². The van der Waals surface area contributed by atoms with E-state index in [9.17, 15) is 0 Å². The van der Waals surface area contributed by atoms with Crippen molar-refractivity contribution < 1.29 is 0 Å². The first-order chi connectivity index (χ1) is 4.43. The monoisotopic (exact) mass is 126 g/mol. The predicted molar refractivity (Wildman–Crippen MR) is 36.1 cm³/mol.